The average molecular weight is 1040 g/mol. The molecule has 6 aromatic rings. The van der Waals surface area contributed by atoms with Crippen LogP contribution in [-0.2, 0) is 49.2 Å². The number of rotatable bonds is 22. The largest absolute Gasteiger partial charge is 0.497 e. The fourth-order valence-corrected chi connectivity index (χ4v) is 10.6. The van der Waals surface area contributed by atoms with Crippen LogP contribution < -0.4 is 34.9 Å². The summed E-state index contributed by atoms with van der Waals surface area (Å²) in [6.45, 7) is 9.81. The molecule has 4 aromatic carbocycles. The molecule has 0 bridgehead atoms. The summed E-state index contributed by atoms with van der Waals surface area (Å²) in [4.78, 5) is 29.3. The maximum absolute atomic E-state index is 16.1. The molecular formula is C50H62N10O11S2. The van der Waals surface area contributed by atoms with E-state index in [1.165, 1.54) is 41.7 Å². The molecule has 2 aromatic heterocycles. The van der Waals surface area contributed by atoms with Crippen LogP contribution in [0.15, 0.2) is 113 Å². The molecular weight excluding hydrogens is 981 g/mol. The van der Waals surface area contributed by atoms with Crippen LogP contribution in [0.2, 0.25) is 0 Å². The van der Waals surface area contributed by atoms with Crippen molar-refractivity contribution in [2.45, 2.75) is 82.2 Å². The molecule has 2 amide bonds. The van der Waals surface area contributed by atoms with Crippen LogP contribution in [0.4, 0.5) is 15.4 Å². The van der Waals surface area contributed by atoms with Crippen LogP contribution >= 0.6 is 0 Å². The van der Waals surface area contributed by atoms with E-state index >= 15 is 8.42 Å². The third kappa shape index (κ3) is 15.6. The van der Waals surface area contributed by atoms with Crippen LogP contribution in [0.1, 0.15) is 58.2 Å². The van der Waals surface area contributed by atoms with Gasteiger partial charge in [0.1, 0.15) is 44.1 Å². The summed E-state index contributed by atoms with van der Waals surface area (Å²) < 4.78 is 92.2. The second-order valence-corrected chi connectivity index (χ2v) is 22.0. The van der Waals surface area contributed by atoms with E-state index < -0.39 is 53.2 Å². The highest BCUT2D eigenvalue weighted by molar-refractivity contribution is 7.92. The number of nitrogens with zero attached hydrogens (tertiary/aromatic N) is 6. The summed E-state index contributed by atoms with van der Waals surface area (Å²) in [6.07, 6.45) is 0.122. The lowest BCUT2D eigenvalue weighted by molar-refractivity contribution is 0.0518. The molecule has 0 radical (unpaired) electrons. The summed E-state index contributed by atoms with van der Waals surface area (Å²) in [6, 6.07) is 26.7. The molecule has 390 valence electrons. The lowest BCUT2D eigenvalue weighted by Gasteiger charge is -2.26. The Hall–Kier alpha value is -7.34. The number of carbonyl (C=O) groups is 2. The van der Waals surface area contributed by atoms with Gasteiger partial charge in [0.25, 0.3) is 0 Å². The highest BCUT2D eigenvalue weighted by Gasteiger charge is 2.38. The Morgan fingerprint density at radius 2 is 1.15 bits per heavy atom. The Bertz CT molecular complexity index is 3000. The van der Waals surface area contributed by atoms with E-state index in [2.05, 4.69) is 36.0 Å². The predicted octanol–water partition coefficient (Wildman–Crippen LogP) is 6.61. The lowest BCUT2D eigenvalue weighted by atomic mass is 10.00. The van der Waals surface area contributed by atoms with Gasteiger partial charge in [0.15, 0.2) is 0 Å². The zero-order chi connectivity index (χ0) is 53.0. The monoisotopic (exact) mass is 1040 g/mol. The van der Waals surface area contributed by atoms with E-state index in [4.69, 9.17) is 28.8 Å². The molecule has 0 aliphatic heterocycles. The quantitative estimate of drug-likeness (QED) is 0.0522. The van der Waals surface area contributed by atoms with Crippen molar-refractivity contribution in [3.8, 4) is 39.8 Å². The van der Waals surface area contributed by atoms with E-state index in [9.17, 15) is 18.0 Å². The molecule has 0 aliphatic rings. The van der Waals surface area contributed by atoms with Crippen LogP contribution in [-0.4, -0.2) is 117 Å². The van der Waals surface area contributed by atoms with Gasteiger partial charge in [0.05, 0.1) is 33.4 Å². The smallest absolute Gasteiger partial charge is 0.407 e. The van der Waals surface area contributed by atoms with Crippen molar-refractivity contribution in [2.75, 3.05) is 52.8 Å². The number of nitrogens with one attached hydrogen (secondary N) is 4. The summed E-state index contributed by atoms with van der Waals surface area (Å²) in [5.74, 6) is 1.83. The van der Waals surface area contributed by atoms with E-state index in [0.29, 0.717) is 39.8 Å². The van der Waals surface area contributed by atoms with Gasteiger partial charge in [0.2, 0.25) is 25.9 Å². The molecule has 2 heterocycles. The fraction of sp³-hybridized carbons (Fsp3) is 0.360. The summed E-state index contributed by atoms with van der Waals surface area (Å²) >= 11 is 0. The zero-order valence-corrected chi connectivity index (χ0v) is 43.9. The van der Waals surface area contributed by atoms with Gasteiger partial charge in [-0.05, 0) is 129 Å². The van der Waals surface area contributed by atoms with Crippen LogP contribution in [0.3, 0.4) is 0 Å². The maximum Gasteiger partial charge on any atom is 0.407 e. The summed E-state index contributed by atoms with van der Waals surface area (Å²) in [5, 5.41) is 21.8. The number of alkyl carbamates (subject to hydrolysis) is 2. The van der Waals surface area contributed by atoms with Crippen LogP contribution in [0.25, 0.3) is 22.5 Å². The number of anilines is 1. The standard InChI is InChI=1S/C50H62N10O11S2/c1-49(2,3)70-47(61)53-27-26-52-43-30-37(24-25-51-43)41-22-23-42(72(63,64)55-29-28-54-48(62)71-50(4,5)6)45(44(41)46-56-58-60(57-46)33-36-14-20-40(69-9)21-15-36)73(65,66)59(31-34-10-16-38(67-7)17-11-34)32-35-12-18-39(68-8)19-13-35/h10-25,30,55H,26-29,31-33H2,1-9H3,(H,51,52)(H,53,61)(H,54,62). The van der Waals surface area contributed by atoms with Crippen molar-refractivity contribution < 1.29 is 50.1 Å². The predicted molar refractivity (Wildman–Crippen MR) is 273 cm³/mol. The Labute approximate surface area is 426 Å². The Morgan fingerprint density at radius 1 is 0.644 bits per heavy atom. The number of carbonyl (C=O) groups excluding carboxylic acids is 2. The van der Waals surface area contributed by atoms with E-state index in [0.717, 1.165) is 5.56 Å². The van der Waals surface area contributed by atoms with E-state index in [-0.39, 0.29) is 62.8 Å². The molecule has 6 rings (SSSR count). The molecule has 0 fully saturated rings. The molecule has 0 saturated carbocycles. The van der Waals surface area contributed by atoms with Crippen molar-refractivity contribution in [1.29, 1.82) is 0 Å². The first-order valence-corrected chi connectivity index (χ1v) is 26.0. The van der Waals surface area contributed by atoms with Crippen molar-refractivity contribution >= 4 is 38.1 Å². The first-order valence-electron chi connectivity index (χ1n) is 23.1. The van der Waals surface area contributed by atoms with Gasteiger partial charge >= 0.3 is 12.2 Å². The molecule has 0 unspecified atom stereocenters. The minimum absolute atomic E-state index is 0.0975. The third-order valence-corrected chi connectivity index (χ3v) is 14.0. The number of ether oxygens (including phenoxy) is 5. The molecule has 21 nitrogen and oxygen atoms in total. The molecule has 0 spiro atoms. The third-order valence-electron chi connectivity index (χ3n) is 10.5. The minimum Gasteiger partial charge on any atom is -0.497 e. The van der Waals surface area contributed by atoms with Gasteiger partial charge in [-0.3, -0.25) is 0 Å². The molecule has 73 heavy (non-hydrogen) atoms. The molecule has 0 atom stereocenters. The SMILES string of the molecule is COc1ccc(CN(Cc2ccc(OC)cc2)S(=O)(=O)c2c(S(=O)(=O)NCCNC(=O)OC(C)(C)C)ccc(-c3ccnc(NCCNC(=O)OC(C)(C)C)c3)c2-c2nnn(Cc3ccc(OC)cc3)n2)cc1. The Balaban J connectivity index is 1.54. The molecule has 0 saturated heterocycles. The number of sulfonamides is 2. The normalized spacial score (nSPS) is 12.0. The van der Waals surface area contributed by atoms with E-state index in [1.807, 2.05) is 12.1 Å². The lowest BCUT2D eigenvalue weighted by Crippen LogP contribution is -2.38. The van der Waals surface area contributed by atoms with E-state index in [1.54, 1.807) is 121 Å². The number of methoxy groups -OCH3 is 3. The fourth-order valence-electron chi connectivity index (χ4n) is 7.13. The number of aromatic nitrogens is 5. The Kier molecular flexibility index (Phi) is 18.0. The number of tetrazole rings is 1. The second kappa shape index (κ2) is 23.9. The van der Waals surface area contributed by atoms with Crippen molar-refractivity contribution in [2.24, 2.45) is 0 Å². The highest BCUT2D eigenvalue weighted by Crippen LogP contribution is 2.42. The number of benzene rings is 4. The van der Waals surface area contributed by atoms with Gasteiger partial charge in [-0.2, -0.15) is 9.10 Å². The van der Waals surface area contributed by atoms with Gasteiger partial charge in [-0.25, -0.2) is 36.1 Å². The minimum atomic E-state index is -4.97. The second-order valence-electron chi connectivity index (χ2n) is 18.4. The summed E-state index contributed by atoms with van der Waals surface area (Å²) in [5.41, 5.74) is 0.777. The van der Waals surface area contributed by atoms with Crippen LogP contribution in [0, 0.1) is 0 Å². The zero-order valence-electron chi connectivity index (χ0n) is 42.3. The van der Waals surface area contributed by atoms with Crippen molar-refractivity contribution in [3.05, 3.63) is 120 Å². The molecule has 23 heteroatoms. The number of hydrogen-bond acceptors (Lipinski definition) is 16. The summed E-state index contributed by atoms with van der Waals surface area (Å²) in [7, 11) is -5.16. The number of hydrogen-bond donors (Lipinski definition) is 4. The topological polar surface area (TPSA) is 256 Å². The first-order chi connectivity index (χ1) is 34.6. The number of pyridine rings is 1. The van der Waals surface area contributed by atoms with Crippen LogP contribution in [0.5, 0.6) is 17.2 Å². The van der Waals surface area contributed by atoms with Crippen molar-refractivity contribution in [1.82, 2.24) is 44.9 Å². The van der Waals surface area contributed by atoms with Gasteiger partial charge < -0.3 is 39.6 Å². The van der Waals surface area contributed by atoms with Gasteiger partial charge in [0, 0.05) is 45.5 Å². The average Bonchev–Trinajstić information content (AvgIpc) is 3.81. The first kappa shape index (κ1) is 55.0. The van der Waals surface area contributed by atoms with Crippen molar-refractivity contribution in [3.63, 3.8) is 0 Å². The molecule has 0 aliphatic carbocycles. The number of amides is 2. The van der Waals surface area contributed by atoms with Gasteiger partial charge in [-0.15, -0.1) is 10.2 Å². The highest BCUT2D eigenvalue weighted by atomic mass is 32.2. The molecule has 4 N–H and O–H groups in total. The Morgan fingerprint density at radius 3 is 1.66 bits per heavy atom. The van der Waals surface area contributed by atoms with Gasteiger partial charge in [-0.1, -0.05) is 42.5 Å². The maximum atomic E-state index is 16.1.